The van der Waals surface area contributed by atoms with Gasteiger partial charge >= 0.3 is 0 Å². The SMILES string of the molecule is COc1cccc(NC(=O)CN(C)Cc2cc3ccc(SC)cc3nc2Cl)c1. The summed E-state index contributed by atoms with van der Waals surface area (Å²) in [5.41, 5.74) is 2.47. The van der Waals surface area contributed by atoms with Crippen LogP contribution in [0.15, 0.2) is 53.4 Å². The molecule has 0 spiro atoms. The van der Waals surface area contributed by atoms with Crippen molar-refractivity contribution < 1.29 is 9.53 Å². The van der Waals surface area contributed by atoms with Crippen molar-refractivity contribution >= 4 is 45.9 Å². The highest BCUT2D eigenvalue weighted by Crippen LogP contribution is 2.25. The van der Waals surface area contributed by atoms with Crippen LogP contribution in [-0.2, 0) is 11.3 Å². The second-order valence-corrected chi connectivity index (χ2v) is 7.69. The van der Waals surface area contributed by atoms with Gasteiger partial charge in [-0.15, -0.1) is 11.8 Å². The second kappa shape index (κ2) is 9.28. The van der Waals surface area contributed by atoms with E-state index in [-0.39, 0.29) is 12.5 Å². The van der Waals surface area contributed by atoms with E-state index in [9.17, 15) is 4.79 Å². The molecule has 7 heteroatoms. The lowest BCUT2D eigenvalue weighted by Gasteiger charge is -2.17. The van der Waals surface area contributed by atoms with Crippen molar-refractivity contribution in [2.45, 2.75) is 11.4 Å². The molecule has 0 aliphatic rings. The average molecular weight is 416 g/mol. The second-order valence-electron chi connectivity index (χ2n) is 6.45. The third-order valence-corrected chi connectivity index (χ3v) is 5.31. The summed E-state index contributed by atoms with van der Waals surface area (Å²) in [6.45, 7) is 0.759. The summed E-state index contributed by atoms with van der Waals surface area (Å²) >= 11 is 8.05. The van der Waals surface area contributed by atoms with Crippen LogP contribution in [0.4, 0.5) is 5.69 Å². The summed E-state index contributed by atoms with van der Waals surface area (Å²) in [7, 11) is 3.47. The zero-order valence-corrected chi connectivity index (χ0v) is 17.6. The Labute approximate surface area is 174 Å². The highest BCUT2D eigenvalue weighted by atomic mass is 35.5. The van der Waals surface area contributed by atoms with Gasteiger partial charge in [0.15, 0.2) is 0 Å². The van der Waals surface area contributed by atoms with Crippen molar-refractivity contribution in [3.63, 3.8) is 0 Å². The predicted octanol–water partition coefficient (Wildman–Crippen LogP) is 4.69. The van der Waals surface area contributed by atoms with E-state index < -0.39 is 0 Å². The first-order chi connectivity index (χ1) is 13.5. The summed E-state index contributed by atoms with van der Waals surface area (Å²) in [4.78, 5) is 19.9. The predicted molar refractivity (Wildman–Crippen MR) is 116 cm³/mol. The first-order valence-corrected chi connectivity index (χ1v) is 10.3. The zero-order chi connectivity index (χ0) is 20.1. The minimum atomic E-state index is -0.106. The monoisotopic (exact) mass is 415 g/mol. The van der Waals surface area contributed by atoms with E-state index in [0.29, 0.717) is 23.1 Å². The van der Waals surface area contributed by atoms with Crippen molar-refractivity contribution in [2.75, 3.05) is 32.3 Å². The van der Waals surface area contributed by atoms with Crippen molar-refractivity contribution in [1.82, 2.24) is 9.88 Å². The van der Waals surface area contributed by atoms with Crippen LogP contribution in [0.1, 0.15) is 5.56 Å². The van der Waals surface area contributed by atoms with Gasteiger partial charge in [0.05, 0.1) is 19.2 Å². The van der Waals surface area contributed by atoms with E-state index in [0.717, 1.165) is 21.4 Å². The van der Waals surface area contributed by atoms with Crippen molar-refractivity contribution in [3.05, 3.63) is 59.2 Å². The maximum Gasteiger partial charge on any atom is 0.238 e. The topological polar surface area (TPSA) is 54.5 Å². The molecule has 0 saturated carbocycles. The maximum atomic E-state index is 12.3. The van der Waals surface area contributed by atoms with Crippen LogP contribution in [0, 0.1) is 0 Å². The molecule has 0 fully saturated rings. The molecule has 0 radical (unpaired) electrons. The maximum absolute atomic E-state index is 12.3. The van der Waals surface area contributed by atoms with Crippen LogP contribution in [0.3, 0.4) is 0 Å². The lowest BCUT2D eigenvalue weighted by molar-refractivity contribution is -0.117. The molecule has 3 rings (SSSR count). The number of benzene rings is 2. The third kappa shape index (κ3) is 5.16. The fraction of sp³-hybridized carbons (Fsp3) is 0.238. The number of rotatable bonds is 7. The molecule has 1 heterocycles. The number of fused-ring (bicyclic) bond motifs is 1. The van der Waals surface area contributed by atoms with Crippen molar-refractivity contribution in [3.8, 4) is 5.75 Å². The van der Waals surface area contributed by atoms with Crippen LogP contribution >= 0.6 is 23.4 Å². The van der Waals surface area contributed by atoms with E-state index in [1.165, 1.54) is 0 Å². The number of carbonyl (C=O) groups is 1. The fourth-order valence-electron chi connectivity index (χ4n) is 2.90. The van der Waals surface area contributed by atoms with Crippen LogP contribution < -0.4 is 10.1 Å². The summed E-state index contributed by atoms with van der Waals surface area (Å²) < 4.78 is 5.17. The number of carbonyl (C=O) groups excluding carboxylic acids is 1. The average Bonchev–Trinajstić information content (AvgIpc) is 2.68. The highest BCUT2D eigenvalue weighted by Gasteiger charge is 2.12. The van der Waals surface area contributed by atoms with E-state index in [1.807, 2.05) is 54.6 Å². The van der Waals surface area contributed by atoms with Gasteiger partial charge in [-0.2, -0.15) is 0 Å². The Morgan fingerprint density at radius 2 is 2.07 bits per heavy atom. The molecule has 0 saturated heterocycles. The summed E-state index contributed by atoms with van der Waals surface area (Å²) in [6.07, 6.45) is 2.03. The zero-order valence-electron chi connectivity index (χ0n) is 16.0. The summed E-state index contributed by atoms with van der Waals surface area (Å²) in [6, 6.07) is 15.4. The van der Waals surface area contributed by atoms with Crippen LogP contribution in [-0.4, -0.2) is 42.7 Å². The number of aromatic nitrogens is 1. The van der Waals surface area contributed by atoms with Gasteiger partial charge in [0, 0.05) is 34.1 Å². The largest absolute Gasteiger partial charge is 0.497 e. The van der Waals surface area contributed by atoms with Gasteiger partial charge in [-0.1, -0.05) is 23.7 Å². The molecule has 28 heavy (non-hydrogen) atoms. The molecule has 0 aliphatic carbocycles. The number of hydrogen-bond donors (Lipinski definition) is 1. The fourth-order valence-corrected chi connectivity index (χ4v) is 3.54. The molecular weight excluding hydrogens is 394 g/mol. The number of nitrogens with one attached hydrogen (secondary N) is 1. The molecule has 146 valence electrons. The Kier molecular flexibility index (Phi) is 6.78. The summed E-state index contributed by atoms with van der Waals surface area (Å²) in [5, 5.41) is 4.38. The van der Waals surface area contributed by atoms with Gasteiger partial charge in [0.25, 0.3) is 0 Å². The van der Waals surface area contributed by atoms with Crippen molar-refractivity contribution in [1.29, 1.82) is 0 Å². The molecule has 1 N–H and O–H groups in total. The number of amides is 1. The summed E-state index contributed by atoms with van der Waals surface area (Å²) in [5.74, 6) is 0.593. The molecular formula is C21H22ClN3O2S. The quantitative estimate of drug-likeness (QED) is 0.448. The smallest absolute Gasteiger partial charge is 0.238 e. The third-order valence-electron chi connectivity index (χ3n) is 4.26. The Morgan fingerprint density at radius 1 is 1.25 bits per heavy atom. The van der Waals surface area contributed by atoms with Gasteiger partial charge in [-0.25, -0.2) is 4.98 Å². The molecule has 5 nitrogen and oxygen atoms in total. The Morgan fingerprint density at radius 3 is 2.82 bits per heavy atom. The molecule has 1 amide bonds. The highest BCUT2D eigenvalue weighted by molar-refractivity contribution is 7.98. The van der Waals surface area contributed by atoms with E-state index in [2.05, 4.69) is 16.4 Å². The number of anilines is 1. The number of pyridine rings is 1. The Balaban J connectivity index is 1.65. The van der Waals surface area contributed by atoms with Gasteiger partial charge in [0.1, 0.15) is 10.9 Å². The first-order valence-electron chi connectivity index (χ1n) is 8.74. The Bertz CT molecular complexity index is 997. The number of hydrogen-bond acceptors (Lipinski definition) is 5. The minimum Gasteiger partial charge on any atom is -0.497 e. The van der Waals surface area contributed by atoms with Gasteiger partial charge in [0.2, 0.25) is 5.91 Å². The van der Waals surface area contributed by atoms with Crippen LogP contribution in [0.25, 0.3) is 10.9 Å². The standard InChI is InChI=1S/C21H22ClN3O2S/c1-25(13-20(26)23-16-5-4-6-17(10-16)27-2)12-15-9-14-7-8-18(28-3)11-19(14)24-21(15)22/h4-11H,12-13H2,1-3H3,(H,23,26). The number of ether oxygens (including phenoxy) is 1. The Hall–Kier alpha value is -2.28. The van der Waals surface area contributed by atoms with E-state index in [4.69, 9.17) is 16.3 Å². The number of halogens is 1. The van der Waals surface area contributed by atoms with E-state index in [1.54, 1.807) is 24.9 Å². The number of thioether (sulfide) groups is 1. The number of methoxy groups -OCH3 is 1. The lowest BCUT2D eigenvalue weighted by Crippen LogP contribution is -2.30. The molecule has 0 bridgehead atoms. The van der Waals surface area contributed by atoms with Gasteiger partial charge in [-0.05, 0) is 43.6 Å². The molecule has 0 unspecified atom stereocenters. The molecule has 1 aromatic heterocycles. The van der Waals surface area contributed by atoms with Gasteiger partial charge in [-0.3, -0.25) is 9.69 Å². The number of likely N-dealkylation sites (N-methyl/N-ethyl adjacent to an activating group) is 1. The lowest BCUT2D eigenvalue weighted by atomic mass is 10.1. The van der Waals surface area contributed by atoms with Crippen molar-refractivity contribution in [2.24, 2.45) is 0 Å². The van der Waals surface area contributed by atoms with E-state index >= 15 is 0 Å². The van der Waals surface area contributed by atoms with Gasteiger partial charge < -0.3 is 10.1 Å². The molecule has 0 atom stereocenters. The normalized spacial score (nSPS) is 11.0. The van der Waals surface area contributed by atoms with Crippen LogP contribution in [0.5, 0.6) is 5.75 Å². The molecule has 3 aromatic rings. The number of nitrogens with zero attached hydrogens (tertiary/aromatic N) is 2. The minimum absolute atomic E-state index is 0.106. The molecule has 0 aliphatic heterocycles. The van der Waals surface area contributed by atoms with Crippen LogP contribution in [0.2, 0.25) is 5.15 Å². The first kappa shape index (κ1) is 20.5. The molecule has 2 aromatic carbocycles.